The van der Waals surface area contributed by atoms with E-state index in [0.717, 1.165) is 12.8 Å². The number of aliphatic hydroxyl groups is 1. The zero-order valence-corrected chi connectivity index (χ0v) is 13.7. The largest absolute Gasteiger partial charge is 0.450 e. The van der Waals surface area contributed by atoms with Gasteiger partial charge < -0.3 is 9.52 Å². The number of sulfonamides is 1. The molecule has 0 saturated carbocycles. The molecule has 7 heteroatoms. The lowest BCUT2D eigenvalue weighted by atomic mass is 9.96. The molecule has 0 saturated heterocycles. The summed E-state index contributed by atoms with van der Waals surface area (Å²) in [6.45, 7) is 5.60. The summed E-state index contributed by atoms with van der Waals surface area (Å²) >= 11 is 3.06. The maximum Gasteiger partial charge on any atom is 0.245 e. The molecular weight excluding hydrogens is 334 g/mol. The van der Waals surface area contributed by atoms with Gasteiger partial charge in [0.25, 0.3) is 0 Å². The number of halogens is 1. The molecule has 0 bridgehead atoms. The Morgan fingerprint density at radius 1 is 1.42 bits per heavy atom. The Morgan fingerprint density at radius 3 is 2.42 bits per heavy atom. The second-order valence-electron chi connectivity index (χ2n) is 4.50. The molecule has 1 atom stereocenters. The molecular formula is C12H20BrNO4S. The van der Waals surface area contributed by atoms with Crippen LogP contribution in [0.5, 0.6) is 0 Å². The molecule has 19 heavy (non-hydrogen) atoms. The van der Waals surface area contributed by atoms with Gasteiger partial charge >= 0.3 is 0 Å². The third-order valence-corrected chi connectivity index (χ3v) is 5.66. The van der Waals surface area contributed by atoms with Crippen LogP contribution in [0.25, 0.3) is 0 Å². The highest BCUT2D eigenvalue weighted by atomic mass is 79.9. The molecule has 0 aliphatic rings. The lowest BCUT2D eigenvalue weighted by molar-refractivity contribution is 0.245. The molecule has 0 aliphatic carbocycles. The standard InChI is InChI=1S/C12H20BrNO4S/c1-4-9(5-2)8(3)14-19(16,17)11-6-10(7-15)18-12(11)13/h6,8-9,14-15H,4-5,7H2,1-3H3. The average molecular weight is 354 g/mol. The van der Waals surface area contributed by atoms with Gasteiger partial charge in [-0.2, -0.15) is 0 Å². The van der Waals surface area contributed by atoms with Crippen LogP contribution in [0.1, 0.15) is 39.4 Å². The maximum atomic E-state index is 12.2. The van der Waals surface area contributed by atoms with Crippen LogP contribution < -0.4 is 4.72 Å². The van der Waals surface area contributed by atoms with Crippen LogP contribution in [0.15, 0.2) is 20.0 Å². The van der Waals surface area contributed by atoms with Crippen LogP contribution in [-0.4, -0.2) is 19.6 Å². The van der Waals surface area contributed by atoms with Crippen molar-refractivity contribution >= 4 is 26.0 Å². The van der Waals surface area contributed by atoms with Gasteiger partial charge in [0.2, 0.25) is 10.0 Å². The van der Waals surface area contributed by atoms with Gasteiger partial charge in [0.15, 0.2) is 4.67 Å². The highest BCUT2D eigenvalue weighted by Crippen LogP contribution is 2.27. The highest BCUT2D eigenvalue weighted by Gasteiger charge is 2.26. The zero-order chi connectivity index (χ0) is 14.6. The molecule has 0 aliphatic heterocycles. The smallest absolute Gasteiger partial charge is 0.245 e. The third-order valence-electron chi connectivity index (χ3n) is 3.25. The summed E-state index contributed by atoms with van der Waals surface area (Å²) in [6.07, 6.45) is 1.82. The van der Waals surface area contributed by atoms with Crippen LogP contribution in [0.4, 0.5) is 0 Å². The topological polar surface area (TPSA) is 79.5 Å². The fourth-order valence-corrected chi connectivity index (χ4v) is 4.37. The first-order chi connectivity index (χ1) is 8.85. The molecule has 1 heterocycles. The van der Waals surface area contributed by atoms with E-state index in [4.69, 9.17) is 9.52 Å². The minimum absolute atomic E-state index is 0.0226. The van der Waals surface area contributed by atoms with Gasteiger partial charge in [0, 0.05) is 12.1 Å². The van der Waals surface area contributed by atoms with Crippen molar-refractivity contribution in [3.63, 3.8) is 0 Å². The Labute approximate surface area is 122 Å². The molecule has 2 N–H and O–H groups in total. The third kappa shape index (κ3) is 4.05. The van der Waals surface area contributed by atoms with E-state index in [2.05, 4.69) is 20.7 Å². The summed E-state index contributed by atoms with van der Waals surface area (Å²) in [6, 6.07) is 1.17. The summed E-state index contributed by atoms with van der Waals surface area (Å²) in [4.78, 5) is 0.0226. The normalized spacial score (nSPS) is 14.0. The van der Waals surface area contributed by atoms with E-state index in [1.165, 1.54) is 6.07 Å². The minimum Gasteiger partial charge on any atom is -0.450 e. The molecule has 0 spiro atoms. The SMILES string of the molecule is CCC(CC)C(C)NS(=O)(=O)c1cc(CO)oc1Br. The fourth-order valence-electron chi connectivity index (χ4n) is 2.06. The van der Waals surface area contributed by atoms with Crippen molar-refractivity contribution in [3.8, 4) is 0 Å². The average Bonchev–Trinajstić information content (AvgIpc) is 2.72. The van der Waals surface area contributed by atoms with Crippen molar-refractivity contribution in [2.24, 2.45) is 5.92 Å². The Morgan fingerprint density at radius 2 is 2.00 bits per heavy atom. The first kappa shape index (κ1) is 16.7. The van der Waals surface area contributed by atoms with E-state index in [1.54, 1.807) is 0 Å². The quantitative estimate of drug-likeness (QED) is 0.789. The van der Waals surface area contributed by atoms with Crippen LogP contribution in [0, 0.1) is 5.92 Å². The number of aliphatic hydroxyl groups excluding tert-OH is 1. The minimum atomic E-state index is -3.65. The van der Waals surface area contributed by atoms with E-state index in [1.807, 2.05) is 20.8 Å². The van der Waals surface area contributed by atoms with Crippen molar-refractivity contribution in [3.05, 3.63) is 16.5 Å². The molecule has 0 radical (unpaired) electrons. The number of hydrogen-bond donors (Lipinski definition) is 2. The first-order valence-electron chi connectivity index (χ1n) is 6.27. The first-order valence-corrected chi connectivity index (χ1v) is 8.54. The van der Waals surface area contributed by atoms with Crippen molar-refractivity contribution in [1.82, 2.24) is 4.72 Å². The van der Waals surface area contributed by atoms with Crippen LogP contribution in [0.2, 0.25) is 0 Å². The number of rotatable bonds is 7. The van der Waals surface area contributed by atoms with E-state index in [-0.39, 0.29) is 33.9 Å². The molecule has 110 valence electrons. The van der Waals surface area contributed by atoms with Crippen molar-refractivity contribution < 1.29 is 17.9 Å². The van der Waals surface area contributed by atoms with Gasteiger partial charge in [-0.25, -0.2) is 13.1 Å². The van der Waals surface area contributed by atoms with E-state index in [9.17, 15) is 8.42 Å². The van der Waals surface area contributed by atoms with Crippen molar-refractivity contribution in [2.75, 3.05) is 0 Å². The van der Waals surface area contributed by atoms with E-state index < -0.39 is 10.0 Å². The second-order valence-corrected chi connectivity index (χ2v) is 6.90. The fraction of sp³-hybridized carbons (Fsp3) is 0.667. The number of nitrogens with one attached hydrogen (secondary N) is 1. The molecule has 1 aromatic heterocycles. The van der Waals surface area contributed by atoms with Gasteiger partial charge in [-0.1, -0.05) is 26.7 Å². The molecule has 5 nitrogen and oxygen atoms in total. The lowest BCUT2D eigenvalue weighted by Crippen LogP contribution is -2.37. The summed E-state index contributed by atoms with van der Waals surface area (Å²) in [5, 5.41) is 8.96. The summed E-state index contributed by atoms with van der Waals surface area (Å²) in [5.41, 5.74) is 0. The maximum absolute atomic E-state index is 12.2. The summed E-state index contributed by atoms with van der Waals surface area (Å²) in [7, 11) is -3.65. The van der Waals surface area contributed by atoms with Gasteiger partial charge in [-0.15, -0.1) is 0 Å². The predicted molar refractivity (Wildman–Crippen MR) is 76.2 cm³/mol. The molecule has 1 aromatic rings. The summed E-state index contributed by atoms with van der Waals surface area (Å²) in [5.74, 6) is 0.500. The molecule has 0 fully saturated rings. The Bertz CT molecular complexity index is 508. The lowest BCUT2D eigenvalue weighted by Gasteiger charge is -2.21. The van der Waals surface area contributed by atoms with Crippen LogP contribution in [0.3, 0.4) is 0 Å². The van der Waals surface area contributed by atoms with Crippen LogP contribution in [-0.2, 0) is 16.6 Å². The monoisotopic (exact) mass is 353 g/mol. The Kier molecular flexibility index (Phi) is 6.04. The van der Waals surface area contributed by atoms with Gasteiger partial charge in [0.05, 0.1) is 0 Å². The van der Waals surface area contributed by atoms with Crippen molar-refractivity contribution in [1.29, 1.82) is 0 Å². The molecule has 0 aromatic carbocycles. The van der Waals surface area contributed by atoms with Gasteiger partial charge in [-0.05, 0) is 28.8 Å². The Hall–Kier alpha value is -0.370. The van der Waals surface area contributed by atoms with E-state index >= 15 is 0 Å². The second kappa shape index (κ2) is 6.88. The molecule has 1 rings (SSSR count). The van der Waals surface area contributed by atoms with E-state index in [0.29, 0.717) is 0 Å². The van der Waals surface area contributed by atoms with Gasteiger partial charge in [0.1, 0.15) is 17.3 Å². The predicted octanol–water partition coefficient (Wildman–Crippen LogP) is 2.64. The molecule has 0 amide bonds. The van der Waals surface area contributed by atoms with Crippen LogP contribution >= 0.6 is 15.9 Å². The van der Waals surface area contributed by atoms with Crippen molar-refractivity contribution in [2.45, 2.75) is 51.2 Å². The zero-order valence-electron chi connectivity index (χ0n) is 11.3. The van der Waals surface area contributed by atoms with Gasteiger partial charge in [-0.3, -0.25) is 0 Å². The molecule has 1 unspecified atom stereocenters. The summed E-state index contributed by atoms with van der Waals surface area (Å²) < 4.78 is 32.3. The Balaban J connectivity index is 2.94. The highest BCUT2D eigenvalue weighted by molar-refractivity contribution is 9.10. The number of furan rings is 1. The number of hydrogen-bond acceptors (Lipinski definition) is 4.